The van der Waals surface area contributed by atoms with Crippen molar-refractivity contribution in [3.8, 4) is 11.1 Å². The van der Waals surface area contributed by atoms with Gasteiger partial charge in [-0.15, -0.1) is 0 Å². The minimum Gasteiger partial charge on any atom is -0.306 e. The van der Waals surface area contributed by atoms with Gasteiger partial charge in [-0.25, -0.2) is 0 Å². The molecule has 2 aromatic rings. The number of hydrogen-bond donors (Lipinski definition) is 0. The molecule has 1 aliphatic heterocycles. The third-order valence-electron chi connectivity index (χ3n) is 5.50. The van der Waals surface area contributed by atoms with Crippen molar-refractivity contribution in [1.29, 1.82) is 0 Å². The summed E-state index contributed by atoms with van der Waals surface area (Å²) in [5.74, 6) is 2.30. The molecule has 2 aromatic carbocycles. The first-order valence-electron chi connectivity index (χ1n) is 9.47. The average molecular weight is 322 g/mol. The maximum Gasteiger partial charge on any atom is -0.00189 e. The van der Waals surface area contributed by atoms with Crippen LogP contribution >= 0.6 is 0 Å². The molecule has 1 unspecified atom stereocenters. The quantitative estimate of drug-likeness (QED) is 0.670. The van der Waals surface area contributed by atoms with Crippen LogP contribution in [0.2, 0.25) is 0 Å². The van der Waals surface area contributed by atoms with Crippen LogP contribution in [-0.4, -0.2) is 25.0 Å². The molecule has 0 aromatic heterocycles. The highest BCUT2D eigenvalue weighted by molar-refractivity contribution is 5.63. The molecule has 0 spiro atoms. The van der Waals surface area contributed by atoms with E-state index in [2.05, 4.69) is 80.4 Å². The lowest BCUT2D eigenvalue weighted by Crippen LogP contribution is -2.33. The zero-order valence-electron chi connectivity index (χ0n) is 15.4. The van der Waals surface area contributed by atoms with Gasteiger partial charge in [0.25, 0.3) is 0 Å². The molecule has 1 fully saturated rings. The molecular weight excluding hydrogens is 290 g/mol. The summed E-state index contributed by atoms with van der Waals surface area (Å²) < 4.78 is 0. The topological polar surface area (TPSA) is 3.24 Å². The van der Waals surface area contributed by atoms with Gasteiger partial charge in [-0.1, -0.05) is 68.4 Å². The monoisotopic (exact) mass is 321 g/mol. The van der Waals surface area contributed by atoms with E-state index in [9.17, 15) is 0 Å². The Morgan fingerprint density at radius 1 is 0.875 bits per heavy atom. The van der Waals surface area contributed by atoms with Crippen LogP contribution in [0.1, 0.15) is 44.6 Å². The number of rotatable bonds is 5. The van der Waals surface area contributed by atoms with E-state index in [1.807, 2.05) is 0 Å². The van der Waals surface area contributed by atoms with Crippen LogP contribution in [0.15, 0.2) is 54.6 Å². The van der Waals surface area contributed by atoms with Gasteiger partial charge in [-0.3, -0.25) is 0 Å². The molecule has 1 nitrogen and oxygen atoms in total. The normalized spacial score (nSPS) is 18.0. The highest BCUT2D eigenvalue weighted by Gasteiger charge is 2.27. The van der Waals surface area contributed by atoms with Gasteiger partial charge < -0.3 is 4.90 Å². The minimum absolute atomic E-state index is 0.712. The lowest BCUT2D eigenvalue weighted by molar-refractivity contribution is 0.188. The molecule has 0 aliphatic carbocycles. The zero-order valence-corrected chi connectivity index (χ0v) is 15.4. The van der Waals surface area contributed by atoms with Crippen LogP contribution in [0.25, 0.3) is 11.1 Å². The van der Waals surface area contributed by atoms with Gasteiger partial charge in [0.1, 0.15) is 0 Å². The molecule has 1 saturated heterocycles. The number of benzene rings is 2. The highest BCUT2D eigenvalue weighted by atomic mass is 15.1. The molecule has 0 bridgehead atoms. The molecular formula is C23H31N. The van der Waals surface area contributed by atoms with Crippen LogP contribution in [0.3, 0.4) is 0 Å². The first-order chi connectivity index (χ1) is 11.6. The van der Waals surface area contributed by atoms with E-state index in [0.29, 0.717) is 5.92 Å². The Labute approximate surface area is 147 Å². The lowest BCUT2D eigenvalue weighted by Gasteiger charge is -2.35. The SMILES string of the molecule is CC(C)CC(c1ccc(-c2ccccc2)cc1)C1CCN(C)CC1. The van der Waals surface area contributed by atoms with Crippen LogP contribution in [-0.2, 0) is 0 Å². The molecule has 1 heteroatoms. The minimum atomic E-state index is 0.712. The second-order valence-electron chi connectivity index (χ2n) is 7.86. The van der Waals surface area contributed by atoms with Gasteiger partial charge in [-0.05, 0) is 73.8 Å². The van der Waals surface area contributed by atoms with E-state index in [-0.39, 0.29) is 0 Å². The summed E-state index contributed by atoms with van der Waals surface area (Å²) in [4.78, 5) is 2.47. The molecule has 0 N–H and O–H groups in total. The molecule has 0 amide bonds. The Morgan fingerprint density at radius 2 is 1.46 bits per heavy atom. The average Bonchev–Trinajstić information content (AvgIpc) is 2.61. The van der Waals surface area contributed by atoms with Crippen molar-refractivity contribution in [3.63, 3.8) is 0 Å². The van der Waals surface area contributed by atoms with Crippen molar-refractivity contribution in [2.75, 3.05) is 20.1 Å². The Kier molecular flexibility index (Phi) is 5.73. The summed E-state index contributed by atoms with van der Waals surface area (Å²) in [6, 6.07) is 20.1. The van der Waals surface area contributed by atoms with Crippen molar-refractivity contribution >= 4 is 0 Å². The molecule has 3 rings (SSSR count). The predicted molar refractivity (Wildman–Crippen MR) is 104 cm³/mol. The first-order valence-corrected chi connectivity index (χ1v) is 9.47. The lowest BCUT2D eigenvalue weighted by atomic mass is 9.76. The van der Waals surface area contributed by atoms with Gasteiger partial charge in [0.05, 0.1) is 0 Å². The summed E-state index contributed by atoms with van der Waals surface area (Å²) in [6.45, 7) is 7.23. The third kappa shape index (κ3) is 4.27. The van der Waals surface area contributed by atoms with Gasteiger partial charge in [0, 0.05) is 0 Å². The van der Waals surface area contributed by atoms with Crippen LogP contribution in [0, 0.1) is 11.8 Å². The van der Waals surface area contributed by atoms with E-state index < -0.39 is 0 Å². The maximum atomic E-state index is 2.47. The molecule has 1 heterocycles. The molecule has 0 radical (unpaired) electrons. The van der Waals surface area contributed by atoms with Gasteiger partial charge in [0.2, 0.25) is 0 Å². The Hall–Kier alpha value is -1.60. The van der Waals surface area contributed by atoms with Crippen molar-refractivity contribution in [3.05, 3.63) is 60.2 Å². The summed E-state index contributed by atoms with van der Waals surface area (Å²) in [6.07, 6.45) is 3.99. The van der Waals surface area contributed by atoms with Crippen LogP contribution in [0.5, 0.6) is 0 Å². The first kappa shape index (κ1) is 17.2. The van der Waals surface area contributed by atoms with E-state index in [0.717, 1.165) is 11.8 Å². The van der Waals surface area contributed by atoms with E-state index in [1.165, 1.54) is 49.0 Å². The fourth-order valence-corrected chi connectivity index (χ4v) is 4.09. The van der Waals surface area contributed by atoms with Gasteiger partial charge in [0.15, 0.2) is 0 Å². The van der Waals surface area contributed by atoms with E-state index >= 15 is 0 Å². The van der Waals surface area contributed by atoms with Crippen LogP contribution in [0.4, 0.5) is 0 Å². The van der Waals surface area contributed by atoms with E-state index in [4.69, 9.17) is 0 Å². The smallest absolute Gasteiger partial charge is 0.00189 e. The van der Waals surface area contributed by atoms with Crippen molar-refractivity contribution in [2.24, 2.45) is 11.8 Å². The Balaban J connectivity index is 1.79. The number of hydrogen-bond acceptors (Lipinski definition) is 1. The molecule has 24 heavy (non-hydrogen) atoms. The zero-order chi connectivity index (χ0) is 16.9. The third-order valence-corrected chi connectivity index (χ3v) is 5.50. The van der Waals surface area contributed by atoms with Gasteiger partial charge in [-0.2, -0.15) is 0 Å². The van der Waals surface area contributed by atoms with E-state index in [1.54, 1.807) is 0 Å². The second-order valence-corrected chi connectivity index (χ2v) is 7.86. The summed E-state index contributed by atoms with van der Waals surface area (Å²) in [7, 11) is 2.25. The number of piperidine rings is 1. The predicted octanol–water partition coefficient (Wildman–Crippen LogP) is 5.83. The summed E-state index contributed by atoms with van der Waals surface area (Å²) in [5, 5.41) is 0. The molecule has 128 valence electrons. The molecule has 0 saturated carbocycles. The highest BCUT2D eigenvalue weighted by Crippen LogP contribution is 2.37. The molecule has 1 aliphatic rings. The standard InChI is InChI=1S/C23H31N/c1-18(2)17-23(22-13-15-24(3)16-14-22)21-11-9-20(10-12-21)19-7-5-4-6-8-19/h4-12,18,22-23H,13-17H2,1-3H3. The largest absolute Gasteiger partial charge is 0.306 e. The van der Waals surface area contributed by atoms with Crippen molar-refractivity contribution in [2.45, 2.75) is 39.0 Å². The molecule has 1 atom stereocenters. The second kappa shape index (κ2) is 7.98. The van der Waals surface area contributed by atoms with Crippen molar-refractivity contribution < 1.29 is 0 Å². The number of nitrogens with zero attached hydrogens (tertiary/aromatic N) is 1. The van der Waals surface area contributed by atoms with Gasteiger partial charge >= 0.3 is 0 Å². The number of likely N-dealkylation sites (tertiary alicyclic amines) is 1. The summed E-state index contributed by atoms with van der Waals surface area (Å²) >= 11 is 0. The summed E-state index contributed by atoms with van der Waals surface area (Å²) in [5.41, 5.74) is 4.17. The maximum absolute atomic E-state index is 2.47. The fourth-order valence-electron chi connectivity index (χ4n) is 4.09. The Morgan fingerprint density at radius 3 is 2.04 bits per heavy atom. The van der Waals surface area contributed by atoms with Crippen molar-refractivity contribution in [1.82, 2.24) is 4.90 Å². The fraction of sp³-hybridized carbons (Fsp3) is 0.478. The van der Waals surface area contributed by atoms with Crippen LogP contribution < -0.4 is 0 Å². The Bertz CT molecular complexity index is 606.